The van der Waals surface area contributed by atoms with Crippen LogP contribution in [0.5, 0.6) is 5.75 Å². The number of ether oxygens (including phenoxy) is 1. The molecular weight excluding hydrogens is 294 g/mol. The molecule has 0 aliphatic rings. The summed E-state index contributed by atoms with van der Waals surface area (Å²) in [5.41, 5.74) is 3.66. The first-order chi connectivity index (χ1) is 11.9. The highest BCUT2D eigenvalue weighted by Gasteiger charge is 2.03. The van der Waals surface area contributed by atoms with Gasteiger partial charge in [-0.15, -0.1) is 0 Å². The fourth-order valence-corrected chi connectivity index (χ4v) is 2.63. The minimum Gasteiger partial charge on any atom is -0.491 e. The van der Waals surface area contributed by atoms with Crippen LogP contribution in [0.4, 0.5) is 5.69 Å². The summed E-state index contributed by atoms with van der Waals surface area (Å²) < 4.78 is 5.98. The Balaban J connectivity index is 1.50. The number of anilines is 1. The molecule has 0 amide bonds. The molecule has 0 aromatic heterocycles. The maximum Gasteiger partial charge on any atom is 0.142 e. The van der Waals surface area contributed by atoms with Crippen molar-refractivity contribution in [2.45, 2.75) is 19.4 Å². The van der Waals surface area contributed by atoms with Crippen molar-refractivity contribution in [3.8, 4) is 5.75 Å². The van der Waals surface area contributed by atoms with Crippen molar-refractivity contribution in [1.82, 2.24) is 0 Å². The van der Waals surface area contributed by atoms with Gasteiger partial charge in [0.05, 0.1) is 12.3 Å². The molecule has 3 rings (SSSR count). The average Bonchev–Trinajstić information content (AvgIpc) is 2.66. The number of nitrogens with one attached hydrogen (secondary N) is 1. The van der Waals surface area contributed by atoms with Crippen LogP contribution in [0.25, 0.3) is 0 Å². The lowest BCUT2D eigenvalue weighted by atomic mass is 10.1. The fourth-order valence-electron chi connectivity index (χ4n) is 2.63. The van der Waals surface area contributed by atoms with E-state index in [1.165, 1.54) is 11.1 Å². The van der Waals surface area contributed by atoms with Crippen LogP contribution in [-0.4, -0.2) is 6.61 Å². The van der Waals surface area contributed by atoms with Crippen LogP contribution in [0.2, 0.25) is 0 Å². The van der Waals surface area contributed by atoms with Gasteiger partial charge in [0.15, 0.2) is 0 Å². The molecule has 0 aliphatic carbocycles. The van der Waals surface area contributed by atoms with Crippen LogP contribution in [0.1, 0.15) is 17.5 Å². The van der Waals surface area contributed by atoms with E-state index in [2.05, 4.69) is 66.0 Å². The van der Waals surface area contributed by atoms with E-state index in [1.807, 2.05) is 24.3 Å². The third kappa shape index (κ3) is 4.88. The first kappa shape index (κ1) is 16.1. The Morgan fingerprint density at radius 3 is 2.04 bits per heavy atom. The monoisotopic (exact) mass is 317 g/mol. The summed E-state index contributed by atoms with van der Waals surface area (Å²) >= 11 is 0. The van der Waals surface area contributed by atoms with Gasteiger partial charge in [-0.3, -0.25) is 0 Å². The summed E-state index contributed by atoms with van der Waals surface area (Å²) in [5.74, 6) is 0.918. The number of aryl methyl sites for hydroxylation is 1. The van der Waals surface area contributed by atoms with Crippen molar-refractivity contribution < 1.29 is 4.74 Å². The van der Waals surface area contributed by atoms with Crippen LogP contribution in [0, 0.1) is 0 Å². The molecular formula is C22H23NO. The molecule has 0 radical (unpaired) electrons. The van der Waals surface area contributed by atoms with Gasteiger partial charge in [-0.05, 0) is 36.1 Å². The molecule has 3 aromatic rings. The Kier molecular flexibility index (Phi) is 5.90. The summed E-state index contributed by atoms with van der Waals surface area (Å²) in [5, 5.41) is 3.46. The van der Waals surface area contributed by atoms with Gasteiger partial charge in [0.25, 0.3) is 0 Å². The van der Waals surface area contributed by atoms with E-state index in [4.69, 9.17) is 4.74 Å². The molecule has 0 heterocycles. The van der Waals surface area contributed by atoms with E-state index in [9.17, 15) is 0 Å². The third-order valence-electron chi connectivity index (χ3n) is 3.92. The zero-order valence-corrected chi connectivity index (χ0v) is 13.8. The highest BCUT2D eigenvalue weighted by atomic mass is 16.5. The van der Waals surface area contributed by atoms with Gasteiger partial charge in [-0.2, -0.15) is 0 Å². The van der Waals surface area contributed by atoms with E-state index >= 15 is 0 Å². The molecule has 122 valence electrons. The Morgan fingerprint density at radius 1 is 0.667 bits per heavy atom. The number of hydrogen-bond acceptors (Lipinski definition) is 2. The predicted octanol–water partition coefficient (Wildman–Crippen LogP) is 5.31. The Morgan fingerprint density at radius 2 is 1.29 bits per heavy atom. The number of hydrogen-bond donors (Lipinski definition) is 1. The zero-order valence-electron chi connectivity index (χ0n) is 13.8. The molecule has 3 aromatic carbocycles. The van der Waals surface area contributed by atoms with Crippen LogP contribution in [0.15, 0.2) is 84.9 Å². The van der Waals surface area contributed by atoms with Gasteiger partial charge in [0.2, 0.25) is 0 Å². The van der Waals surface area contributed by atoms with Gasteiger partial charge in [0, 0.05) is 6.54 Å². The Labute approximate surface area is 144 Å². The highest BCUT2D eigenvalue weighted by molar-refractivity contribution is 5.56. The molecule has 2 nitrogen and oxygen atoms in total. The average molecular weight is 317 g/mol. The quantitative estimate of drug-likeness (QED) is 0.568. The lowest BCUT2D eigenvalue weighted by molar-refractivity contribution is 0.312. The summed E-state index contributed by atoms with van der Waals surface area (Å²) in [7, 11) is 0. The van der Waals surface area contributed by atoms with Crippen molar-refractivity contribution in [1.29, 1.82) is 0 Å². The van der Waals surface area contributed by atoms with Gasteiger partial charge in [-0.1, -0.05) is 72.8 Å². The minimum absolute atomic E-state index is 0.721. The Hall–Kier alpha value is -2.74. The summed E-state index contributed by atoms with van der Waals surface area (Å²) in [4.78, 5) is 0. The SMILES string of the molecule is c1ccc(CCCOc2ccccc2NCc2ccccc2)cc1. The highest BCUT2D eigenvalue weighted by Crippen LogP contribution is 2.24. The topological polar surface area (TPSA) is 21.3 Å². The molecule has 0 saturated heterocycles. The second kappa shape index (κ2) is 8.78. The van der Waals surface area contributed by atoms with Crippen LogP contribution in [-0.2, 0) is 13.0 Å². The first-order valence-corrected chi connectivity index (χ1v) is 8.45. The largest absolute Gasteiger partial charge is 0.491 e. The number of para-hydroxylation sites is 2. The van der Waals surface area contributed by atoms with Gasteiger partial charge in [0.1, 0.15) is 5.75 Å². The number of benzene rings is 3. The van der Waals surface area contributed by atoms with Crippen molar-refractivity contribution in [2.24, 2.45) is 0 Å². The molecule has 0 saturated carbocycles. The molecule has 0 fully saturated rings. The summed E-state index contributed by atoms with van der Waals surface area (Å²) in [6, 6.07) is 29.1. The van der Waals surface area contributed by atoms with Gasteiger partial charge in [-0.25, -0.2) is 0 Å². The maximum absolute atomic E-state index is 5.98. The smallest absolute Gasteiger partial charge is 0.142 e. The van der Waals surface area contributed by atoms with Crippen LogP contribution in [0.3, 0.4) is 0 Å². The molecule has 0 aliphatic heterocycles. The molecule has 0 bridgehead atoms. The fraction of sp³-hybridized carbons (Fsp3) is 0.182. The summed E-state index contributed by atoms with van der Waals surface area (Å²) in [6.45, 7) is 1.52. The second-order valence-corrected chi connectivity index (χ2v) is 5.77. The van der Waals surface area contributed by atoms with E-state index < -0.39 is 0 Å². The molecule has 0 spiro atoms. The molecule has 0 unspecified atom stereocenters. The zero-order chi connectivity index (χ0) is 16.5. The molecule has 1 N–H and O–H groups in total. The van der Waals surface area contributed by atoms with Crippen molar-refractivity contribution in [2.75, 3.05) is 11.9 Å². The number of rotatable bonds is 8. The van der Waals surface area contributed by atoms with Crippen LogP contribution >= 0.6 is 0 Å². The normalized spacial score (nSPS) is 10.3. The Bertz CT molecular complexity index is 725. The molecule has 2 heteroatoms. The van der Waals surface area contributed by atoms with Crippen molar-refractivity contribution >= 4 is 5.69 Å². The molecule has 24 heavy (non-hydrogen) atoms. The van der Waals surface area contributed by atoms with E-state index in [1.54, 1.807) is 0 Å². The maximum atomic E-state index is 5.98. The van der Waals surface area contributed by atoms with Crippen molar-refractivity contribution in [3.63, 3.8) is 0 Å². The minimum atomic E-state index is 0.721. The lowest BCUT2D eigenvalue weighted by Crippen LogP contribution is -2.04. The van der Waals surface area contributed by atoms with Crippen molar-refractivity contribution in [3.05, 3.63) is 96.1 Å². The van der Waals surface area contributed by atoms with E-state index in [0.29, 0.717) is 0 Å². The van der Waals surface area contributed by atoms with Gasteiger partial charge >= 0.3 is 0 Å². The van der Waals surface area contributed by atoms with E-state index in [0.717, 1.165) is 37.4 Å². The van der Waals surface area contributed by atoms with E-state index in [-0.39, 0.29) is 0 Å². The van der Waals surface area contributed by atoms with Gasteiger partial charge < -0.3 is 10.1 Å². The first-order valence-electron chi connectivity index (χ1n) is 8.45. The predicted molar refractivity (Wildman–Crippen MR) is 100 cm³/mol. The standard InChI is InChI=1S/C22H23NO/c1-3-10-19(11-4-1)14-9-17-24-22-16-8-7-15-21(22)23-18-20-12-5-2-6-13-20/h1-8,10-13,15-16,23H,9,14,17-18H2. The lowest BCUT2D eigenvalue weighted by Gasteiger charge is -2.13. The van der Waals surface area contributed by atoms with Crippen LogP contribution < -0.4 is 10.1 Å². The molecule has 0 atom stereocenters. The second-order valence-electron chi connectivity index (χ2n) is 5.77. The summed E-state index contributed by atoms with van der Waals surface area (Å²) in [6.07, 6.45) is 2.05. The third-order valence-corrected chi connectivity index (χ3v) is 3.92.